The van der Waals surface area contributed by atoms with Crippen LogP contribution in [0.5, 0.6) is 5.75 Å². The van der Waals surface area contributed by atoms with Crippen molar-refractivity contribution in [3.63, 3.8) is 0 Å². The van der Waals surface area contributed by atoms with Crippen molar-refractivity contribution >= 4 is 28.8 Å². The molecular weight excluding hydrogens is 453 g/mol. The minimum absolute atomic E-state index is 0.177. The van der Waals surface area contributed by atoms with Crippen LogP contribution >= 0.6 is 22.9 Å². The van der Waals surface area contributed by atoms with Gasteiger partial charge in [0.1, 0.15) is 16.6 Å². The summed E-state index contributed by atoms with van der Waals surface area (Å²) in [6.45, 7) is 5.68. The molecule has 0 radical (unpaired) electrons. The summed E-state index contributed by atoms with van der Waals surface area (Å²) in [5.41, 5.74) is 7.87. The molecule has 4 rings (SSSR count). The Hall–Kier alpha value is -2.55. The van der Waals surface area contributed by atoms with E-state index >= 15 is 0 Å². The number of benzene rings is 1. The number of pyridine rings is 1. The fourth-order valence-electron chi connectivity index (χ4n) is 3.85. The number of thiazole rings is 1. The number of nitrogens with zero attached hydrogens (tertiary/aromatic N) is 2. The SMILES string of the molecule is Cc1cnc(-c2cc(OC[C@@H]3CCOC3)cc(C(N)=O)c2C(C)c2ncc(F)cc2Cl)s1. The van der Waals surface area contributed by atoms with Gasteiger partial charge in [-0.2, -0.15) is 0 Å². The van der Waals surface area contributed by atoms with Crippen molar-refractivity contribution in [3.8, 4) is 16.3 Å². The van der Waals surface area contributed by atoms with Crippen molar-refractivity contribution in [2.45, 2.75) is 26.2 Å². The Kier molecular flexibility index (Phi) is 6.74. The van der Waals surface area contributed by atoms with Gasteiger partial charge in [-0.15, -0.1) is 11.3 Å². The molecule has 3 heterocycles. The summed E-state index contributed by atoms with van der Waals surface area (Å²) in [5.74, 6) is -0.742. The van der Waals surface area contributed by atoms with Gasteiger partial charge in [0, 0.05) is 40.6 Å². The van der Waals surface area contributed by atoms with E-state index in [9.17, 15) is 9.18 Å². The number of rotatable bonds is 7. The first-order chi connectivity index (χ1) is 15.3. The number of aryl methyl sites for hydroxylation is 1. The maximum atomic E-state index is 13.6. The van der Waals surface area contributed by atoms with Gasteiger partial charge in [-0.1, -0.05) is 18.5 Å². The largest absolute Gasteiger partial charge is 0.493 e. The van der Waals surface area contributed by atoms with Crippen molar-refractivity contribution in [2.75, 3.05) is 19.8 Å². The number of nitrogens with two attached hydrogens (primary N) is 1. The smallest absolute Gasteiger partial charge is 0.249 e. The van der Waals surface area contributed by atoms with Crippen LogP contribution in [0.1, 0.15) is 45.8 Å². The van der Waals surface area contributed by atoms with Crippen molar-refractivity contribution in [1.82, 2.24) is 9.97 Å². The summed E-state index contributed by atoms with van der Waals surface area (Å²) in [7, 11) is 0. The summed E-state index contributed by atoms with van der Waals surface area (Å²) in [6.07, 6.45) is 3.81. The molecule has 0 bridgehead atoms. The Morgan fingerprint density at radius 3 is 2.81 bits per heavy atom. The second-order valence-electron chi connectivity index (χ2n) is 7.86. The van der Waals surface area contributed by atoms with Gasteiger partial charge < -0.3 is 15.2 Å². The number of hydrogen-bond acceptors (Lipinski definition) is 6. The predicted octanol–water partition coefficient (Wildman–Crippen LogP) is 4.97. The Morgan fingerprint density at radius 1 is 1.38 bits per heavy atom. The van der Waals surface area contributed by atoms with Crippen LogP contribution in [0.25, 0.3) is 10.6 Å². The predicted molar refractivity (Wildman–Crippen MR) is 122 cm³/mol. The maximum Gasteiger partial charge on any atom is 0.249 e. The van der Waals surface area contributed by atoms with Gasteiger partial charge in [-0.25, -0.2) is 9.37 Å². The van der Waals surface area contributed by atoms with Crippen molar-refractivity contribution in [2.24, 2.45) is 11.7 Å². The van der Waals surface area contributed by atoms with Crippen LogP contribution in [0.3, 0.4) is 0 Å². The second-order valence-corrected chi connectivity index (χ2v) is 9.50. The van der Waals surface area contributed by atoms with E-state index in [1.807, 2.05) is 19.9 Å². The summed E-state index contributed by atoms with van der Waals surface area (Å²) in [6, 6.07) is 4.72. The first kappa shape index (κ1) is 22.6. The average Bonchev–Trinajstić information content (AvgIpc) is 3.43. The summed E-state index contributed by atoms with van der Waals surface area (Å²) >= 11 is 7.79. The van der Waals surface area contributed by atoms with E-state index in [-0.39, 0.29) is 5.02 Å². The number of aromatic nitrogens is 2. The third-order valence-electron chi connectivity index (χ3n) is 5.46. The van der Waals surface area contributed by atoms with E-state index in [0.717, 1.165) is 29.1 Å². The molecule has 2 N–H and O–H groups in total. The minimum Gasteiger partial charge on any atom is -0.493 e. The zero-order valence-electron chi connectivity index (χ0n) is 17.7. The van der Waals surface area contributed by atoms with E-state index in [0.29, 0.717) is 47.3 Å². The van der Waals surface area contributed by atoms with Gasteiger partial charge in [0.2, 0.25) is 5.91 Å². The first-order valence-corrected chi connectivity index (χ1v) is 11.4. The van der Waals surface area contributed by atoms with Crippen LogP contribution in [-0.4, -0.2) is 35.7 Å². The van der Waals surface area contributed by atoms with Crippen LogP contribution < -0.4 is 10.5 Å². The van der Waals surface area contributed by atoms with Gasteiger partial charge in [-0.3, -0.25) is 9.78 Å². The summed E-state index contributed by atoms with van der Waals surface area (Å²) in [4.78, 5) is 22.2. The third-order valence-corrected chi connectivity index (χ3v) is 6.71. The molecule has 0 spiro atoms. The lowest BCUT2D eigenvalue weighted by molar-refractivity contribution is 0.0998. The van der Waals surface area contributed by atoms with Gasteiger partial charge in [0.15, 0.2) is 0 Å². The number of carbonyl (C=O) groups excluding carboxylic acids is 1. The highest BCUT2D eigenvalue weighted by Crippen LogP contribution is 2.41. The highest BCUT2D eigenvalue weighted by Gasteiger charge is 2.26. The first-order valence-electron chi connectivity index (χ1n) is 10.3. The monoisotopic (exact) mass is 475 g/mol. The molecule has 1 fully saturated rings. The highest BCUT2D eigenvalue weighted by atomic mass is 35.5. The van der Waals surface area contributed by atoms with Crippen LogP contribution in [0.4, 0.5) is 4.39 Å². The fourth-order valence-corrected chi connectivity index (χ4v) is 4.96. The molecule has 1 unspecified atom stereocenters. The van der Waals surface area contributed by atoms with E-state index < -0.39 is 17.6 Å². The third kappa shape index (κ3) is 4.77. The topological polar surface area (TPSA) is 87.3 Å². The molecule has 6 nitrogen and oxygen atoms in total. The van der Waals surface area contributed by atoms with Crippen molar-refractivity contribution < 1.29 is 18.7 Å². The van der Waals surface area contributed by atoms with Crippen LogP contribution in [-0.2, 0) is 4.74 Å². The number of amides is 1. The zero-order valence-corrected chi connectivity index (χ0v) is 19.3. The Bertz CT molecular complexity index is 1150. The lowest BCUT2D eigenvalue weighted by atomic mass is 9.87. The van der Waals surface area contributed by atoms with Crippen LogP contribution in [0, 0.1) is 18.7 Å². The summed E-state index contributed by atoms with van der Waals surface area (Å²) in [5, 5.41) is 0.899. The van der Waals surface area contributed by atoms with E-state index in [2.05, 4.69) is 9.97 Å². The lowest BCUT2D eigenvalue weighted by Gasteiger charge is -2.21. The lowest BCUT2D eigenvalue weighted by Crippen LogP contribution is -2.18. The summed E-state index contributed by atoms with van der Waals surface area (Å²) < 4.78 is 25.0. The number of ether oxygens (including phenoxy) is 2. The number of carbonyl (C=O) groups is 1. The Morgan fingerprint density at radius 2 is 2.19 bits per heavy atom. The van der Waals surface area contributed by atoms with E-state index in [1.165, 1.54) is 17.4 Å². The molecule has 32 heavy (non-hydrogen) atoms. The highest BCUT2D eigenvalue weighted by molar-refractivity contribution is 7.15. The fraction of sp³-hybridized carbons (Fsp3) is 0.348. The van der Waals surface area contributed by atoms with Crippen molar-refractivity contribution in [3.05, 3.63) is 63.1 Å². The molecule has 2 aromatic heterocycles. The molecule has 1 amide bonds. The molecule has 168 valence electrons. The molecule has 2 atom stereocenters. The molecule has 0 aliphatic carbocycles. The van der Waals surface area contributed by atoms with Gasteiger partial charge in [-0.05, 0) is 37.1 Å². The normalized spacial score (nSPS) is 16.8. The Balaban J connectivity index is 1.83. The molecule has 1 saturated heterocycles. The molecule has 9 heteroatoms. The molecule has 1 aromatic carbocycles. The maximum absolute atomic E-state index is 13.6. The van der Waals surface area contributed by atoms with Crippen LogP contribution in [0.15, 0.2) is 30.6 Å². The van der Waals surface area contributed by atoms with Gasteiger partial charge in [0.25, 0.3) is 0 Å². The number of halogens is 2. The molecular formula is C23H23ClFN3O3S. The van der Waals surface area contributed by atoms with E-state index in [4.69, 9.17) is 26.8 Å². The zero-order chi connectivity index (χ0) is 22.8. The number of primary amides is 1. The van der Waals surface area contributed by atoms with Crippen molar-refractivity contribution in [1.29, 1.82) is 0 Å². The van der Waals surface area contributed by atoms with Crippen LogP contribution in [0.2, 0.25) is 5.02 Å². The molecule has 1 aliphatic rings. The average molecular weight is 476 g/mol. The second kappa shape index (κ2) is 9.52. The standard InChI is InChI=1S/C23H23ClFN3O3S/c1-12-8-28-23(32-12)18-7-16(31-11-14-3-4-30-10-14)6-17(22(26)29)20(18)13(2)21-19(24)5-15(25)9-27-21/h5-9,13-14H,3-4,10-11H2,1-2H3,(H2,26,29)/t13?,14-/m1/s1. The van der Waals surface area contributed by atoms with E-state index in [1.54, 1.807) is 12.3 Å². The quantitative estimate of drug-likeness (QED) is 0.521. The molecule has 3 aromatic rings. The molecule has 1 aliphatic heterocycles. The van der Waals surface area contributed by atoms with Gasteiger partial charge in [0.05, 0.1) is 30.1 Å². The number of hydrogen-bond donors (Lipinski definition) is 1. The minimum atomic E-state index is -0.603. The van der Waals surface area contributed by atoms with Gasteiger partial charge >= 0.3 is 0 Å². The molecule has 0 saturated carbocycles. The Labute approximate surface area is 194 Å².